The maximum atomic E-state index is 12.4. The van der Waals surface area contributed by atoms with Crippen molar-refractivity contribution in [2.24, 2.45) is 0 Å². The van der Waals surface area contributed by atoms with E-state index in [0.29, 0.717) is 16.1 Å². The molecule has 0 radical (unpaired) electrons. The lowest BCUT2D eigenvalue weighted by Crippen LogP contribution is -2.17. The van der Waals surface area contributed by atoms with Crippen molar-refractivity contribution in [2.75, 3.05) is 5.32 Å². The van der Waals surface area contributed by atoms with Crippen LogP contribution in [0, 0.1) is 10.1 Å². The van der Waals surface area contributed by atoms with Gasteiger partial charge in [0.15, 0.2) is 5.82 Å². The minimum absolute atomic E-state index is 0.133. The van der Waals surface area contributed by atoms with E-state index in [1.54, 1.807) is 18.2 Å². The predicted octanol–water partition coefficient (Wildman–Crippen LogP) is 3.08. The molecular weight excluding hydrogens is 352 g/mol. The first-order valence-electron chi connectivity index (χ1n) is 6.84. The summed E-state index contributed by atoms with van der Waals surface area (Å²) in [5, 5.41) is 23.0. The van der Waals surface area contributed by atoms with Crippen molar-refractivity contribution in [3.63, 3.8) is 0 Å². The van der Waals surface area contributed by atoms with Crippen LogP contribution in [-0.4, -0.2) is 31.9 Å². The zero-order valence-corrected chi connectivity index (χ0v) is 13.1. The Kier molecular flexibility index (Phi) is 4.07. The molecule has 1 amide bonds. The summed E-state index contributed by atoms with van der Waals surface area (Å²) < 4.78 is 0. The molecule has 0 bridgehead atoms. The van der Waals surface area contributed by atoms with E-state index in [9.17, 15) is 24.8 Å². The number of amides is 1. The lowest BCUT2D eigenvalue weighted by Gasteiger charge is -2.07. The first kappa shape index (κ1) is 16.4. The van der Waals surface area contributed by atoms with E-state index in [2.05, 4.69) is 15.3 Å². The van der Waals surface area contributed by atoms with E-state index < -0.39 is 33.7 Å². The van der Waals surface area contributed by atoms with E-state index in [1.165, 1.54) is 6.07 Å². The van der Waals surface area contributed by atoms with Crippen molar-refractivity contribution in [2.45, 2.75) is 0 Å². The van der Waals surface area contributed by atoms with Gasteiger partial charge in [0, 0.05) is 11.1 Å². The molecule has 0 unspecified atom stereocenters. The average Bonchev–Trinajstić information content (AvgIpc) is 2.97. The molecule has 2 aromatic carbocycles. The van der Waals surface area contributed by atoms with Crippen LogP contribution in [0.15, 0.2) is 36.4 Å². The van der Waals surface area contributed by atoms with Crippen LogP contribution in [0.25, 0.3) is 11.0 Å². The number of carboxylic acids is 1. The second-order valence-electron chi connectivity index (χ2n) is 4.96. The van der Waals surface area contributed by atoms with Gasteiger partial charge in [-0.15, -0.1) is 0 Å². The molecule has 25 heavy (non-hydrogen) atoms. The van der Waals surface area contributed by atoms with Gasteiger partial charge in [-0.3, -0.25) is 14.9 Å². The number of aromatic nitrogens is 2. The van der Waals surface area contributed by atoms with Crippen LogP contribution in [0.3, 0.4) is 0 Å². The number of aromatic carboxylic acids is 1. The fourth-order valence-corrected chi connectivity index (χ4v) is 2.44. The third-order valence-corrected chi connectivity index (χ3v) is 3.60. The quantitative estimate of drug-likeness (QED) is 0.482. The Morgan fingerprint density at radius 3 is 2.72 bits per heavy atom. The Hall–Kier alpha value is -3.46. The summed E-state index contributed by atoms with van der Waals surface area (Å²) in [6.07, 6.45) is 0. The molecule has 1 heterocycles. The highest BCUT2D eigenvalue weighted by Crippen LogP contribution is 2.29. The van der Waals surface area contributed by atoms with Crippen molar-refractivity contribution < 1.29 is 19.6 Å². The second kappa shape index (κ2) is 6.21. The maximum Gasteiger partial charge on any atom is 0.338 e. The summed E-state index contributed by atoms with van der Waals surface area (Å²) in [5.74, 6) is -2.36. The highest BCUT2D eigenvalue weighted by molar-refractivity contribution is 6.31. The maximum absolute atomic E-state index is 12.4. The Morgan fingerprint density at radius 1 is 1.28 bits per heavy atom. The molecule has 3 aromatic rings. The highest BCUT2D eigenvalue weighted by atomic mass is 35.5. The number of nitro groups is 1. The third kappa shape index (κ3) is 3.12. The summed E-state index contributed by atoms with van der Waals surface area (Å²) in [6.45, 7) is 0. The van der Waals surface area contributed by atoms with Gasteiger partial charge in [-0.25, -0.2) is 9.78 Å². The molecule has 3 rings (SSSR count). The number of rotatable bonds is 4. The zero-order chi connectivity index (χ0) is 18.1. The number of fused-ring (bicyclic) bond motifs is 1. The van der Waals surface area contributed by atoms with Gasteiger partial charge >= 0.3 is 5.97 Å². The van der Waals surface area contributed by atoms with E-state index in [1.807, 2.05) is 0 Å². The molecule has 0 aliphatic rings. The van der Waals surface area contributed by atoms with Gasteiger partial charge in [0.1, 0.15) is 5.69 Å². The number of hydrogen-bond acceptors (Lipinski definition) is 5. The van der Waals surface area contributed by atoms with Crippen molar-refractivity contribution in [1.82, 2.24) is 9.97 Å². The number of aromatic amines is 1. The van der Waals surface area contributed by atoms with Crippen LogP contribution < -0.4 is 5.32 Å². The zero-order valence-electron chi connectivity index (χ0n) is 12.3. The largest absolute Gasteiger partial charge is 0.478 e. The summed E-state index contributed by atoms with van der Waals surface area (Å²) >= 11 is 5.86. The van der Waals surface area contributed by atoms with Gasteiger partial charge in [-0.05, 0) is 24.3 Å². The molecular formula is C15H9ClN4O5. The summed E-state index contributed by atoms with van der Waals surface area (Å²) in [4.78, 5) is 40.8. The van der Waals surface area contributed by atoms with Crippen molar-refractivity contribution >= 4 is 45.9 Å². The molecule has 126 valence electrons. The van der Waals surface area contributed by atoms with Crippen LogP contribution >= 0.6 is 11.6 Å². The van der Waals surface area contributed by atoms with Gasteiger partial charge in [-0.1, -0.05) is 17.7 Å². The van der Waals surface area contributed by atoms with Gasteiger partial charge in [-0.2, -0.15) is 0 Å². The Labute approximate surface area is 144 Å². The van der Waals surface area contributed by atoms with E-state index in [0.717, 1.165) is 12.1 Å². The number of halogens is 1. The Morgan fingerprint density at radius 2 is 2.04 bits per heavy atom. The topological polar surface area (TPSA) is 138 Å². The number of benzene rings is 2. The number of nitrogens with one attached hydrogen (secondary N) is 2. The number of imidazole rings is 1. The van der Waals surface area contributed by atoms with E-state index >= 15 is 0 Å². The minimum Gasteiger partial charge on any atom is -0.478 e. The number of carbonyl (C=O) groups is 2. The number of hydrogen-bond donors (Lipinski definition) is 3. The van der Waals surface area contributed by atoms with Gasteiger partial charge in [0.2, 0.25) is 0 Å². The van der Waals surface area contributed by atoms with Crippen molar-refractivity contribution in [3.8, 4) is 0 Å². The van der Waals surface area contributed by atoms with Crippen LogP contribution in [0.4, 0.5) is 11.4 Å². The summed E-state index contributed by atoms with van der Waals surface area (Å²) in [6, 6.07) is 8.23. The molecule has 0 saturated carbocycles. The summed E-state index contributed by atoms with van der Waals surface area (Å²) in [7, 11) is 0. The molecule has 9 nitrogen and oxygen atoms in total. The first-order valence-corrected chi connectivity index (χ1v) is 7.22. The molecule has 0 aliphatic heterocycles. The van der Waals surface area contributed by atoms with E-state index in [4.69, 9.17) is 11.6 Å². The van der Waals surface area contributed by atoms with Gasteiger partial charge < -0.3 is 15.4 Å². The molecule has 1 aromatic heterocycles. The molecule has 3 N–H and O–H groups in total. The number of carbonyl (C=O) groups excluding carboxylic acids is 1. The number of anilines is 1. The van der Waals surface area contributed by atoms with Crippen LogP contribution in [0.2, 0.25) is 5.02 Å². The molecule has 0 spiro atoms. The van der Waals surface area contributed by atoms with Crippen LogP contribution in [-0.2, 0) is 0 Å². The Balaban J connectivity index is 2.02. The number of para-hydroxylation sites is 1. The fraction of sp³-hybridized carbons (Fsp3) is 0. The molecule has 0 saturated heterocycles. The number of H-pyrrole nitrogens is 1. The number of nitrogens with zero attached hydrogens (tertiary/aromatic N) is 2. The van der Waals surface area contributed by atoms with Crippen LogP contribution in [0.1, 0.15) is 21.0 Å². The lowest BCUT2D eigenvalue weighted by molar-refractivity contribution is -0.383. The number of carboxylic acid groups (broad SMARTS) is 1. The third-order valence-electron chi connectivity index (χ3n) is 3.37. The van der Waals surface area contributed by atoms with Gasteiger partial charge in [0.05, 0.1) is 21.5 Å². The average molecular weight is 361 g/mol. The normalized spacial score (nSPS) is 10.6. The fourth-order valence-electron chi connectivity index (χ4n) is 2.26. The Bertz CT molecular complexity index is 998. The monoisotopic (exact) mass is 360 g/mol. The van der Waals surface area contributed by atoms with Crippen molar-refractivity contribution in [1.29, 1.82) is 0 Å². The molecule has 0 aliphatic carbocycles. The molecule has 0 fully saturated rings. The van der Waals surface area contributed by atoms with Crippen LogP contribution in [0.5, 0.6) is 0 Å². The second-order valence-corrected chi connectivity index (χ2v) is 5.40. The van der Waals surface area contributed by atoms with Crippen molar-refractivity contribution in [3.05, 3.63) is 62.9 Å². The lowest BCUT2D eigenvalue weighted by atomic mass is 10.1. The van der Waals surface area contributed by atoms with E-state index in [-0.39, 0.29) is 5.82 Å². The SMILES string of the molecule is O=C(Nc1c(C(=O)O)cccc1[N+](=O)[O-])c1nc2ccc(Cl)cc2[nH]1. The minimum atomic E-state index is -1.41. The first-order chi connectivity index (χ1) is 11.9. The smallest absolute Gasteiger partial charge is 0.338 e. The number of nitro benzene ring substituents is 1. The standard InChI is InChI=1S/C15H9ClN4O5/c16-7-4-5-9-10(6-7)18-13(17-9)14(21)19-12-8(15(22)23)2-1-3-11(12)20(24)25/h1-6H,(H,17,18)(H,19,21)(H,22,23). The molecule has 0 atom stereocenters. The van der Waals surface area contributed by atoms with Gasteiger partial charge in [0.25, 0.3) is 11.6 Å². The molecule has 10 heteroatoms. The summed E-state index contributed by atoms with van der Waals surface area (Å²) in [5.41, 5.74) is -0.383. The highest BCUT2D eigenvalue weighted by Gasteiger charge is 2.24. The predicted molar refractivity (Wildman–Crippen MR) is 89.1 cm³/mol.